The molecule has 4 rings (SSSR count). The van der Waals surface area contributed by atoms with Gasteiger partial charge >= 0.3 is 6.09 Å². The van der Waals surface area contributed by atoms with Gasteiger partial charge in [-0.05, 0) is 25.6 Å². The van der Waals surface area contributed by atoms with Crippen molar-refractivity contribution in [1.82, 2.24) is 4.90 Å². The highest BCUT2D eigenvalue weighted by atomic mass is 32.1. The second kappa shape index (κ2) is 6.74. The van der Waals surface area contributed by atoms with Crippen LogP contribution < -0.4 is 10.2 Å². The van der Waals surface area contributed by atoms with Crippen molar-refractivity contribution in [3.8, 4) is 0 Å². The number of thiophene rings is 1. The van der Waals surface area contributed by atoms with Crippen LogP contribution in [0.1, 0.15) is 23.7 Å². The lowest BCUT2D eigenvalue weighted by Crippen LogP contribution is -2.43. The quantitative estimate of drug-likeness (QED) is 0.825. The van der Waals surface area contributed by atoms with E-state index in [1.54, 1.807) is 11.4 Å². The highest BCUT2D eigenvalue weighted by Gasteiger charge is 2.34. The number of rotatable bonds is 1. The van der Waals surface area contributed by atoms with Gasteiger partial charge in [-0.15, -0.1) is 11.3 Å². The van der Waals surface area contributed by atoms with E-state index in [0.29, 0.717) is 22.6 Å². The number of anilines is 3. The van der Waals surface area contributed by atoms with E-state index in [-0.39, 0.29) is 17.9 Å². The molecule has 0 aliphatic carbocycles. The summed E-state index contributed by atoms with van der Waals surface area (Å²) >= 11 is 1.39. The summed E-state index contributed by atoms with van der Waals surface area (Å²) in [5, 5.41) is 6.45. The highest BCUT2D eigenvalue weighted by molar-refractivity contribution is 7.08. The van der Waals surface area contributed by atoms with Crippen LogP contribution in [0, 0.1) is 5.92 Å². The van der Waals surface area contributed by atoms with Crippen molar-refractivity contribution in [2.75, 3.05) is 30.4 Å². The van der Waals surface area contributed by atoms with Crippen LogP contribution >= 0.6 is 11.3 Å². The predicted octanol–water partition coefficient (Wildman–Crippen LogP) is 3.93. The molecule has 1 aromatic heterocycles. The molecule has 2 atom stereocenters. The number of piperidine rings is 1. The number of ether oxygens (including phenoxy) is 1. The molecule has 1 N–H and O–H groups in total. The van der Waals surface area contributed by atoms with Crippen molar-refractivity contribution in [1.29, 1.82) is 0 Å². The largest absolute Gasteiger partial charge is 0.445 e. The first-order valence-electron chi connectivity index (χ1n) is 8.70. The van der Waals surface area contributed by atoms with Gasteiger partial charge in [0, 0.05) is 29.8 Å². The Kier molecular flexibility index (Phi) is 4.42. The zero-order valence-electron chi connectivity index (χ0n) is 14.8. The van der Waals surface area contributed by atoms with E-state index in [4.69, 9.17) is 4.74 Å². The second-order valence-corrected chi connectivity index (χ2v) is 7.67. The summed E-state index contributed by atoms with van der Waals surface area (Å²) in [6.07, 6.45) is 0.252. The predicted molar refractivity (Wildman–Crippen MR) is 102 cm³/mol. The van der Waals surface area contributed by atoms with E-state index in [0.717, 1.165) is 19.5 Å². The Hall–Kier alpha value is -2.38. The number of para-hydroxylation sites is 2. The number of carbonyl (C=O) groups is 2. The van der Waals surface area contributed by atoms with E-state index in [1.165, 1.54) is 16.2 Å². The van der Waals surface area contributed by atoms with Gasteiger partial charge in [0.05, 0.1) is 22.6 Å². The number of benzene rings is 1. The second-order valence-electron chi connectivity index (χ2n) is 6.93. The summed E-state index contributed by atoms with van der Waals surface area (Å²) in [4.78, 5) is 29.4. The van der Waals surface area contributed by atoms with Gasteiger partial charge in [0.15, 0.2) is 0 Å². The van der Waals surface area contributed by atoms with Gasteiger partial charge in [0.1, 0.15) is 6.10 Å². The molecule has 2 amide bonds. The molecule has 26 heavy (non-hydrogen) atoms. The Labute approximate surface area is 156 Å². The van der Waals surface area contributed by atoms with Gasteiger partial charge in [-0.3, -0.25) is 4.79 Å². The lowest BCUT2D eigenvalue weighted by molar-refractivity contribution is 0.0262. The van der Waals surface area contributed by atoms with E-state index in [2.05, 4.69) is 24.2 Å². The van der Waals surface area contributed by atoms with Crippen molar-refractivity contribution in [2.24, 2.45) is 5.92 Å². The molecule has 3 heterocycles. The monoisotopic (exact) mass is 371 g/mol. The lowest BCUT2D eigenvalue weighted by atomic mass is 9.97. The maximum atomic E-state index is 13.1. The van der Waals surface area contributed by atoms with Crippen molar-refractivity contribution in [2.45, 2.75) is 19.4 Å². The fraction of sp³-hybridized carbons (Fsp3) is 0.368. The normalized spacial score (nSPS) is 22.8. The average molecular weight is 371 g/mol. The van der Waals surface area contributed by atoms with Crippen LogP contribution in [0.4, 0.5) is 21.9 Å². The number of nitrogens with one attached hydrogen (secondary N) is 1. The topological polar surface area (TPSA) is 61.9 Å². The SMILES string of the molecule is C[C@@H]1CN(C)CC[C@H]1OC(=O)N1c2ccccc2NC(=O)c2cscc21. The van der Waals surface area contributed by atoms with Gasteiger partial charge in [-0.1, -0.05) is 19.1 Å². The van der Waals surface area contributed by atoms with Crippen LogP contribution in [0.25, 0.3) is 0 Å². The molecule has 6 nitrogen and oxygen atoms in total. The van der Waals surface area contributed by atoms with E-state index in [9.17, 15) is 9.59 Å². The molecule has 2 aromatic rings. The van der Waals surface area contributed by atoms with Crippen molar-refractivity contribution < 1.29 is 14.3 Å². The van der Waals surface area contributed by atoms with Crippen LogP contribution in [0.3, 0.4) is 0 Å². The molecule has 0 saturated carbocycles. The van der Waals surface area contributed by atoms with Gasteiger partial charge in [0.2, 0.25) is 0 Å². The Morgan fingerprint density at radius 1 is 1.27 bits per heavy atom. The number of nitrogens with zero attached hydrogens (tertiary/aromatic N) is 2. The van der Waals surface area contributed by atoms with Crippen molar-refractivity contribution >= 4 is 40.4 Å². The van der Waals surface area contributed by atoms with Gasteiger partial charge in [-0.2, -0.15) is 0 Å². The lowest BCUT2D eigenvalue weighted by Gasteiger charge is -2.35. The summed E-state index contributed by atoms with van der Waals surface area (Å²) in [5.41, 5.74) is 2.29. The molecule has 2 aliphatic heterocycles. The summed E-state index contributed by atoms with van der Waals surface area (Å²) in [5.74, 6) is 0.0540. The third-order valence-electron chi connectivity index (χ3n) is 4.98. The molecule has 1 aromatic carbocycles. The minimum atomic E-state index is -0.435. The van der Waals surface area contributed by atoms with E-state index < -0.39 is 6.09 Å². The number of amides is 2. The molecule has 0 bridgehead atoms. The van der Waals surface area contributed by atoms with Gasteiger partial charge in [0.25, 0.3) is 5.91 Å². The Bertz CT molecular complexity index is 850. The first-order valence-corrected chi connectivity index (χ1v) is 9.64. The zero-order valence-corrected chi connectivity index (χ0v) is 15.6. The summed E-state index contributed by atoms with van der Waals surface area (Å²) in [6.45, 7) is 3.91. The standard InChI is InChI=1S/C19H21N3O3S/c1-12-9-21(2)8-7-17(12)25-19(24)22-15-6-4-3-5-14(15)20-18(23)13-10-26-11-16(13)22/h3-6,10-12,17H,7-9H2,1-2H3,(H,20,23)/t12-,17-/m1/s1. The minimum absolute atomic E-state index is 0.125. The maximum absolute atomic E-state index is 13.1. The molecular formula is C19H21N3O3S. The summed E-state index contributed by atoms with van der Waals surface area (Å²) in [7, 11) is 2.08. The van der Waals surface area contributed by atoms with E-state index in [1.807, 2.05) is 23.6 Å². The van der Waals surface area contributed by atoms with Crippen molar-refractivity contribution in [3.63, 3.8) is 0 Å². The van der Waals surface area contributed by atoms with Crippen LogP contribution in [0.15, 0.2) is 35.0 Å². The number of hydrogen-bond acceptors (Lipinski definition) is 5. The highest BCUT2D eigenvalue weighted by Crippen LogP contribution is 2.40. The van der Waals surface area contributed by atoms with Crippen molar-refractivity contribution in [3.05, 3.63) is 40.6 Å². The third kappa shape index (κ3) is 2.97. The first kappa shape index (κ1) is 17.1. The van der Waals surface area contributed by atoms with Crippen LogP contribution in [0.5, 0.6) is 0 Å². The summed E-state index contributed by atoms with van der Waals surface area (Å²) in [6, 6.07) is 7.30. The van der Waals surface area contributed by atoms with Crippen LogP contribution in [-0.2, 0) is 4.74 Å². The first-order chi connectivity index (χ1) is 12.5. The molecule has 2 aliphatic rings. The fourth-order valence-corrected chi connectivity index (χ4v) is 4.41. The molecule has 0 unspecified atom stereocenters. The molecule has 0 spiro atoms. The average Bonchev–Trinajstić information content (AvgIpc) is 3.04. The smallest absolute Gasteiger partial charge is 0.419 e. The Balaban J connectivity index is 1.68. The van der Waals surface area contributed by atoms with Crippen LogP contribution in [0.2, 0.25) is 0 Å². The Morgan fingerprint density at radius 3 is 2.88 bits per heavy atom. The van der Waals surface area contributed by atoms with Gasteiger partial charge < -0.3 is 15.0 Å². The molecule has 1 saturated heterocycles. The molecule has 7 heteroatoms. The number of likely N-dealkylation sites (tertiary alicyclic amines) is 1. The molecular weight excluding hydrogens is 350 g/mol. The van der Waals surface area contributed by atoms with E-state index >= 15 is 0 Å². The third-order valence-corrected chi connectivity index (χ3v) is 5.72. The summed E-state index contributed by atoms with van der Waals surface area (Å²) < 4.78 is 5.89. The number of hydrogen-bond donors (Lipinski definition) is 1. The minimum Gasteiger partial charge on any atom is -0.445 e. The maximum Gasteiger partial charge on any atom is 0.419 e. The number of carbonyl (C=O) groups excluding carboxylic acids is 2. The molecule has 136 valence electrons. The molecule has 0 radical (unpaired) electrons. The van der Waals surface area contributed by atoms with Gasteiger partial charge in [-0.25, -0.2) is 9.69 Å². The zero-order chi connectivity index (χ0) is 18.3. The Morgan fingerprint density at radius 2 is 2.08 bits per heavy atom. The fourth-order valence-electron chi connectivity index (χ4n) is 3.61. The van der Waals surface area contributed by atoms with Crippen LogP contribution in [-0.4, -0.2) is 43.1 Å². The molecule has 1 fully saturated rings. The number of fused-ring (bicyclic) bond motifs is 2.